The van der Waals surface area contributed by atoms with Gasteiger partial charge in [-0.05, 0) is 61.7 Å². The minimum Gasteiger partial charge on any atom is -0.493 e. The molecule has 1 aromatic heterocycles. The van der Waals surface area contributed by atoms with E-state index in [1.165, 1.54) is 26.3 Å². The lowest BCUT2D eigenvalue weighted by Gasteiger charge is -2.13. The van der Waals surface area contributed by atoms with Gasteiger partial charge in [0.2, 0.25) is 5.95 Å². The first-order chi connectivity index (χ1) is 14.7. The summed E-state index contributed by atoms with van der Waals surface area (Å²) in [5.74, 6) is 0.335. The largest absolute Gasteiger partial charge is 0.493 e. The lowest BCUT2D eigenvalue weighted by atomic mass is 10.2. The standard InChI is InChI=1S/C20H21N5O5S/c1-12-5-6-13(2)18(9-12)31(27,28)30-16-8-7-15(10-17(16)29-4)11-21-24-20-22-19(26)14(3)23-25-20/h5-11H,1-4H3,(H2,22,24,25,26). The third-order valence-corrected chi connectivity index (χ3v) is 5.62. The van der Waals surface area contributed by atoms with Crippen LogP contribution < -0.4 is 19.9 Å². The molecule has 31 heavy (non-hydrogen) atoms. The van der Waals surface area contributed by atoms with Gasteiger partial charge in [0.1, 0.15) is 10.6 Å². The molecule has 0 spiro atoms. The number of ether oxygens (including phenoxy) is 1. The molecule has 3 aromatic rings. The van der Waals surface area contributed by atoms with Gasteiger partial charge in [-0.3, -0.25) is 9.78 Å². The topological polar surface area (TPSA) is 136 Å². The third kappa shape index (κ3) is 5.25. The Bertz CT molecular complexity index is 1300. The highest BCUT2D eigenvalue weighted by Gasteiger charge is 2.21. The zero-order valence-electron chi connectivity index (χ0n) is 17.3. The van der Waals surface area contributed by atoms with Crippen molar-refractivity contribution in [3.63, 3.8) is 0 Å². The fourth-order valence-corrected chi connectivity index (χ4v) is 3.84. The number of hydrazone groups is 1. The molecule has 0 atom stereocenters. The lowest BCUT2D eigenvalue weighted by Crippen LogP contribution is -2.15. The van der Waals surface area contributed by atoms with Crippen molar-refractivity contribution in [1.82, 2.24) is 15.2 Å². The lowest BCUT2D eigenvalue weighted by molar-refractivity contribution is 0.390. The highest BCUT2D eigenvalue weighted by atomic mass is 32.2. The van der Waals surface area contributed by atoms with Crippen molar-refractivity contribution >= 4 is 22.3 Å². The molecule has 3 rings (SSSR count). The Kier molecular flexibility index (Phi) is 6.35. The summed E-state index contributed by atoms with van der Waals surface area (Å²) >= 11 is 0. The Labute approximate surface area is 179 Å². The Morgan fingerprint density at radius 1 is 1.06 bits per heavy atom. The summed E-state index contributed by atoms with van der Waals surface area (Å²) < 4.78 is 36.1. The molecule has 10 nitrogen and oxygen atoms in total. The number of aromatic amines is 1. The molecule has 1 heterocycles. The number of H-pyrrole nitrogens is 1. The van der Waals surface area contributed by atoms with Gasteiger partial charge in [0.05, 0.1) is 13.3 Å². The Hall–Kier alpha value is -3.73. The third-order valence-electron chi connectivity index (χ3n) is 4.24. The van der Waals surface area contributed by atoms with Crippen molar-refractivity contribution in [3.05, 3.63) is 69.1 Å². The molecular formula is C20H21N5O5S. The number of aryl methyl sites for hydroxylation is 3. The maximum Gasteiger partial charge on any atom is 0.339 e. The van der Waals surface area contributed by atoms with Gasteiger partial charge >= 0.3 is 10.1 Å². The van der Waals surface area contributed by atoms with E-state index >= 15 is 0 Å². The number of anilines is 1. The van der Waals surface area contributed by atoms with Crippen LogP contribution in [0.1, 0.15) is 22.4 Å². The number of hydrogen-bond donors (Lipinski definition) is 2. The van der Waals surface area contributed by atoms with E-state index in [1.807, 2.05) is 6.07 Å². The normalized spacial score (nSPS) is 11.5. The van der Waals surface area contributed by atoms with E-state index in [-0.39, 0.29) is 33.6 Å². The number of benzene rings is 2. The first-order valence-corrected chi connectivity index (χ1v) is 10.5. The molecular weight excluding hydrogens is 422 g/mol. The van der Waals surface area contributed by atoms with Crippen LogP contribution in [-0.4, -0.2) is 36.9 Å². The summed E-state index contributed by atoms with van der Waals surface area (Å²) in [6.45, 7) is 5.04. The first-order valence-electron chi connectivity index (χ1n) is 9.12. The second kappa shape index (κ2) is 8.96. The number of rotatable bonds is 7. The highest BCUT2D eigenvalue weighted by molar-refractivity contribution is 7.87. The predicted molar refractivity (Wildman–Crippen MR) is 115 cm³/mol. The van der Waals surface area contributed by atoms with Crippen molar-refractivity contribution in [2.75, 3.05) is 12.5 Å². The molecule has 0 aliphatic heterocycles. The van der Waals surface area contributed by atoms with Crippen molar-refractivity contribution < 1.29 is 17.3 Å². The number of aromatic nitrogens is 3. The smallest absolute Gasteiger partial charge is 0.339 e. The molecule has 2 aromatic carbocycles. The number of nitrogens with zero attached hydrogens (tertiary/aromatic N) is 3. The average Bonchev–Trinajstić information content (AvgIpc) is 2.73. The van der Waals surface area contributed by atoms with Gasteiger partial charge in [0, 0.05) is 0 Å². The molecule has 0 amide bonds. The minimum absolute atomic E-state index is 0.0437. The number of methoxy groups -OCH3 is 1. The highest BCUT2D eigenvalue weighted by Crippen LogP contribution is 2.31. The maximum absolute atomic E-state index is 12.8. The van der Waals surface area contributed by atoms with Gasteiger partial charge in [-0.25, -0.2) is 5.43 Å². The maximum atomic E-state index is 12.8. The summed E-state index contributed by atoms with van der Waals surface area (Å²) in [6.07, 6.45) is 1.44. The molecule has 0 saturated heterocycles. The SMILES string of the molecule is COc1cc(C=NNc2nnc(C)c(=O)[nH]2)ccc1OS(=O)(=O)c1cc(C)ccc1C. The van der Waals surface area contributed by atoms with Gasteiger partial charge in [-0.1, -0.05) is 12.1 Å². The van der Waals surface area contributed by atoms with E-state index in [1.54, 1.807) is 38.1 Å². The summed E-state index contributed by atoms with van der Waals surface area (Å²) in [4.78, 5) is 14.1. The van der Waals surface area contributed by atoms with Crippen LogP contribution in [0.25, 0.3) is 0 Å². The summed E-state index contributed by atoms with van der Waals surface area (Å²) in [5.41, 5.74) is 4.39. The zero-order valence-corrected chi connectivity index (χ0v) is 18.1. The minimum atomic E-state index is -4.05. The van der Waals surface area contributed by atoms with Crippen LogP contribution >= 0.6 is 0 Å². The van der Waals surface area contributed by atoms with Crippen molar-refractivity contribution in [2.24, 2.45) is 5.10 Å². The number of nitrogens with one attached hydrogen (secondary N) is 2. The molecule has 0 unspecified atom stereocenters. The predicted octanol–water partition coefficient (Wildman–Crippen LogP) is 2.31. The van der Waals surface area contributed by atoms with Crippen LogP contribution in [0.4, 0.5) is 5.95 Å². The van der Waals surface area contributed by atoms with E-state index < -0.39 is 10.1 Å². The fourth-order valence-electron chi connectivity index (χ4n) is 2.58. The molecule has 11 heteroatoms. The van der Waals surface area contributed by atoms with Crippen LogP contribution in [0, 0.1) is 20.8 Å². The number of hydrogen-bond acceptors (Lipinski definition) is 9. The second-order valence-electron chi connectivity index (χ2n) is 6.67. The van der Waals surface area contributed by atoms with Crippen LogP contribution in [0.3, 0.4) is 0 Å². The van der Waals surface area contributed by atoms with E-state index in [0.29, 0.717) is 11.1 Å². The first kappa shape index (κ1) is 22.0. The molecule has 0 radical (unpaired) electrons. The molecule has 0 fully saturated rings. The Balaban J connectivity index is 1.80. The van der Waals surface area contributed by atoms with E-state index in [4.69, 9.17) is 8.92 Å². The van der Waals surface area contributed by atoms with Crippen LogP contribution in [0.2, 0.25) is 0 Å². The second-order valence-corrected chi connectivity index (χ2v) is 8.19. The van der Waals surface area contributed by atoms with Gasteiger partial charge < -0.3 is 8.92 Å². The van der Waals surface area contributed by atoms with E-state index in [0.717, 1.165) is 5.56 Å². The Morgan fingerprint density at radius 3 is 2.55 bits per heavy atom. The molecule has 0 bridgehead atoms. The van der Waals surface area contributed by atoms with Crippen molar-refractivity contribution in [2.45, 2.75) is 25.7 Å². The molecule has 0 aliphatic carbocycles. The molecule has 162 valence electrons. The quantitative estimate of drug-likeness (QED) is 0.323. The molecule has 0 saturated carbocycles. The van der Waals surface area contributed by atoms with Crippen LogP contribution in [0.15, 0.2) is 51.2 Å². The van der Waals surface area contributed by atoms with Crippen molar-refractivity contribution in [3.8, 4) is 11.5 Å². The fraction of sp³-hybridized carbons (Fsp3) is 0.200. The summed E-state index contributed by atoms with van der Waals surface area (Å²) in [6, 6.07) is 9.74. The molecule has 2 N–H and O–H groups in total. The van der Waals surface area contributed by atoms with E-state index in [2.05, 4.69) is 25.7 Å². The molecule has 0 aliphatic rings. The average molecular weight is 443 g/mol. The Morgan fingerprint density at radius 2 is 1.84 bits per heavy atom. The monoisotopic (exact) mass is 443 g/mol. The van der Waals surface area contributed by atoms with Gasteiger partial charge in [-0.2, -0.15) is 13.5 Å². The van der Waals surface area contributed by atoms with Crippen LogP contribution in [-0.2, 0) is 10.1 Å². The van der Waals surface area contributed by atoms with Gasteiger partial charge in [0.25, 0.3) is 5.56 Å². The van der Waals surface area contributed by atoms with Crippen molar-refractivity contribution in [1.29, 1.82) is 0 Å². The summed E-state index contributed by atoms with van der Waals surface area (Å²) in [7, 11) is -2.65. The zero-order chi connectivity index (χ0) is 22.6. The van der Waals surface area contributed by atoms with Gasteiger partial charge in [-0.15, -0.1) is 10.2 Å². The van der Waals surface area contributed by atoms with Gasteiger partial charge in [0.15, 0.2) is 11.5 Å². The van der Waals surface area contributed by atoms with Crippen LogP contribution in [0.5, 0.6) is 11.5 Å². The van der Waals surface area contributed by atoms with E-state index in [9.17, 15) is 13.2 Å². The summed E-state index contributed by atoms with van der Waals surface area (Å²) in [5, 5.41) is 11.4.